The Bertz CT molecular complexity index is 1440. The van der Waals surface area contributed by atoms with E-state index in [0.717, 1.165) is 22.3 Å². The van der Waals surface area contributed by atoms with Gasteiger partial charge in [-0.3, -0.25) is 18.6 Å². The summed E-state index contributed by atoms with van der Waals surface area (Å²) in [5.41, 5.74) is 3.32. The van der Waals surface area contributed by atoms with Crippen LogP contribution in [0.25, 0.3) is 28.1 Å². The fraction of sp³-hybridized carbons (Fsp3) is 0.0952. The van der Waals surface area contributed by atoms with Crippen molar-refractivity contribution < 1.29 is 14.7 Å². The third-order valence-corrected chi connectivity index (χ3v) is 6.40. The molecule has 0 aliphatic carbocycles. The summed E-state index contributed by atoms with van der Waals surface area (Å²) in [5.74, 6) is -0.651. The fourth-order valence-corrected chi connectivity index (χ4v) is 4.86. The van der Waals surface area contributed by atoms with Crippen LogP contribution in [0.5, 0.6) is 0 Å². The topological polar surface area (TPSA) is 114 Å². The van der Waals surface area contributed by atoms with Crippen molar-refractivity contribution in [3.8, 4) is 11.3 Å². The molecule has 5 rings (SSSR count). The number of thioether (sulfide) groups is 1. The first-order valence-electron chi connectivity index (χ1n) is 9.58. The van der Waals surface area contributed by atoms with Crippen molar-refractivity contribution in [2.24, 2.45) is 0 Å². The number of para-hydroxylation sites is 2. The third kappa shape index (κ3) is 3.83. The Morgan fingerprint density at radius 2 is 1.78 bits per heavy atom. The largest absolute Gasteiger partial charge is 0.480 e. The average molecular weight is 465 g/mol. The van der Waals surface area contributed by atoms with Crippen LogP contribution in [0.4, 0.5) is 5.13 Å². The van der Waals surface area contributed by atoms with Crippen LogP contribution in [0.3, 0.4) is 0 Å². The van der Waals surface area contributed by atoms with Crippen molar-refractivity contribution in [2.45, 2.75) is 11.7 Å². The van der Waals surface area contributed by atoms with Gasteiger partial charge in [-0.05, 0) is 12.1 Å². The molecule has 32 heavy (non-hydrogen) atoms. The molecule has 0 aliphatic heterocycles. The van der Waals surface area contributed by atoms with Gasteiger partial charge in [0.2, 0.25) is 11.7 Å². The van der Waals surface area contributed by atoms with E-state index in [0.29, 0.717) is 16.1 Å². The molecule has 0 saturated heterocycles. The quantitative estimate of drug-likeness (QED) is 0.354. The predicted octanol–water partition coefficient (Wildman–Crippen LogP) is 3.62. The Kier molecular flexibility index (Phi) is 5.33. The summed E-state index contributed by atoms with van der Waals surface area (Å²) in [6.07, 6.45) is 0. The van der Waals surface area contributed by atoms with Gasteiger partial charge in [0.15, 0.2) is 10.3 Å². The van der Waals surface area contributed by atoms with E-state index in [-0.39, 0.29) is 18.2 Å². The van der Waals surface area contributed by atoms with Crippen LogP contribution in [-0.4, -0.2) is 46.9 Å². The lowest BCUT2D eigenvalue weighted by molar-refractivity contribution is -0.137. The number of thiazole rings is 1. The first-order chi connectivity index (χ1) is 15.6. The second kappa shape index (κ2) is 8.44. The molecule has 0 aliphatic rings. The summed E-state index contributed by atoms with van der Waals surface area (Å²) in [6, 6.07) is 17.2. The van der Waals surface area contributed by atoms with Gasteiger partial charge in [-0.1, -0.05) is 54.2 Å². The Labute approximate surface area is 189 Å². The Balaban J connectivity index is 1.33. The zero-order valence-electron chi connectivity index (χ0n) is 16.5. The zero-order valence-corrected chi connectivity index (χ0v) is 18.1. The molecule has 2 N–H and O–H groups in total. The molecule has 1 amide bonds. The van der Waals surface area contributed by atoms with Crippen LogP contribution in [0.15, 0.2) is 65.1 Å². The maximum atomic E-state index is 12.5. The van der Waals surface area contributed by atoms with E-state index in [4.69, 9.17) is 0 Å². The van der Waals surface area contributed by atoms with Crippen LogP contribution >= 0.6 is 23.1 Å². The highest BCUT2D eigenvalue weighted by Gasteiger charge is 2.19. The molecule has 0 spiro atoms. The number of carboxylic acids is 1. The summed E-state index contributed by atoms with van der Waals surface area (Å²) in [4.78, 5) is 28.3. The number of imidazole rings is 1. The average Bonchev–Trinajstić information content (AvgIpc) is 3.50. The van der Waals surface area contributed by atoms with Gasteiger partial charge >= 0.3 is 5.97 Å². The second-order valence-electron chi connectivity index (χ2n) is 6.83. The molecule has 0 unspecified atom stereocenters. The lowest BCUT2D eigenvalue weighted by Crippen LogP contribution is -2.14. The van der Waals surface area contributed by atoms with Crippen molar-refractivity contribution >= 4 is 56.9 Å². The molecule has 0 radical (unpaired) electrons. The molecular formula is C21H16N6O3S2. The number of carboxylic acid groups (broad SMARTS) is 1. The molecule has 3 heterocycles. The summed E-state index contributed by atoms with van der Waals surface area (Å²) in [5, 5.41) is 23.3. The Morgan fingerprint density at radius 1 is 1.03 bits per heavy atom. The van der Waals surface area contributed by atoms with Crippen molar-refractivity contribution in [3.63, 3.8) is 0 Å². The standard InChI is InChI=1S/C21H16N6O3S2/c28-17(23-19-22-14(11-31-19)13-6-2-1-3-7-13)12-32-21-25-24-20-26(10-18(29)30)15-8-4-5-9-16(15)27(20)21/h1-9,11H,10,12H2,(H,29,30)(H,22,23,28). The van der Waals surface area contributed by atoms with Gasteiger partial charge in [0.25, 0.3) is 0 Å². The summed E-state index contributed by atoms with van der Waals surface area (Å²) < 4.78 is 3.36. The van der Waals surface area contributed by atoms with Gasteiger partial charge < -0.3 is 10.4 Å². The van der Waals surface area contributed by atoms with Crippen LogP contribution in [0.2, 0.25) is 0 Å². The zero-order chi connectivity index (χ0) is 22.1. The maximum absolute atomic E-state index is 12.5. The monoisotopic (exact) mass is 464 g/mol. The van der Waals surface area contributed by atoms with Crippen molar-refractivity contribution in [1.29, 1.82) is 0 Å². The van der Waals surface area contributed by atoms with E-state index in [1.165, 1.54) is 23.1 Å². The van der Waals surface area contributed by atoms with Crippen LogP contribution in [-0.2, 0) is 16.1 Å². The summed E-state index contributed by atoms with van der Waals surface area (Å²) in [7, 11) is 0. The van der Waals surface area contributed by atoms with Crippen LogP contribution in [0.1, 0.15) is 0 Å². The number of hydrogen-bond acceptors (Lipinski definition) is 7. The number of nitrogens with zero attached hydrogens (tertiary/aromatic N) is 5. The minimum atomic E-state index is -0.969. The minimum Gasteiger partial charge on any atom is -0.480 e. The number of rotatable bonds is 7. The van der Waals surface area contributed by atoms with Crippen LogP contribution < -0.4 is 5.32 Å². The molecule has 2 aromatic carbocycles. The molecular weight excluding hydrogens is 448 g/mol. The van der Waals surface area contributed by atoms with E-state index in [9.17, 15) is 14.7 Å². The summed E-state index contributed by atoms with van der Waals surface area (Å²) >= 11 is 2.59. The fourth-order valence-electron chi connectivity index (χ4n) is 3.38. The van der Waals surface area contributed by atoms with E-state index in [1.807, 2.05) is 60.0 Å². The van der Waals surface area contributed by atoms with Gasteiger partial charge in [0.05, 0.1) is 22.5 Å². The third-order valence-electron chi connectivity index (χ3n) is 4.72. The molecule has 0 atom stereocenters. The molecule has 9 nitrogen and oxygen atoms in total. The molecule has 5 aromatic rings. The van der Waals surface area contributed by atoms with Crippen molar-refractivity contribution in [3.05, 3.63) is 60.0 Å². The van der Waals surface area contributed by atoms with Gasteiger partial charge in [0.1, 0.15) is 6.54 Å². The van der Waals surface area contributed by atoms with Gasteiger partial charge in [-0.15, -0.1) is 21.5 Å². The highest BCUT2D eigenvalue weighted by Crippen LogP contribution is 2.27. The molecule has 0 fully saturated rings. The number of carbonyl (C=O) groups excluding carboxylic acids is 1. The minimum absolute atomic E-state index is 0.111. The van der Waals surface area contributed by atoms with Gasteiger partial charge in [0, 0.05) is 10.9 Å². The number of anilines is 1. The number of benzene rings is 2. The number of amides is 1. The van der Waals surface area contributed by atoms with E-state index in [2.05, 4.69) is 20.5 Å². The lowest BCUT2D eigenvalue weighted by Gasteiger charge is -2.01. The van der Waals surface area contributed by atoms with Crippen molar-refractivity contribution in [1.82, 2.24) is 24.1 Å². The second-order valence-corrected chi connectivity index (χ2v) is 8.63. The van der Waals surface area contributed by atoms with E-state index >= 15 is 0 Å². The first-order valence-corrected chi connectivity index (χ1v) is 11.4. The van der Waals surface area contributed by atoms with Crippen molar-refractivity contribution in [2.75, 3.05) is 11.1 Å². The number of nitrogens with one attached hydrogen (secondary N) is 1. The first kappa shape index (κ1) is 20.2. The lowest BCUT2D eigenvalue weighted by atomic mass is 10.2. The predicted molar refractivity (Wildman–Crippen MR) is 123 cm³/mol. The van der Waals surface area contributed by atoms with Gasteiger partial charge in [-0.2, -0.15) is 0 Å². The number of aromatic nitrogens is 5. The van der Waals surface area contributed by atoms with E-state index in [1.54, 1.807) is 8.97 Å². The molecule has 160 valence electrons. The highest BCUT2D eigenvalue weighted by molar-refractivity contribution is 7.99. The number of carbonyl (C=O) groups is 2. The maximum Gasteiger partial charge on any atom is 0.323 e. The smallest absolute Gasteiger partial charge is 0.323 e. The Hall–Kier alpha value is -3.70. The number of fused-ring (bicyclic) bond motifs is 3. The molecule has 0 saturated carbocycles. The van der Waals surface area contributed by atoms with Gasteiger partial charge in [-0.25, -0.2) is 4.98 Å². The number of aliphatic carboxylic acids is 1. The van der Waals surface area contributed by atoms with E-state index < -0.39 is 5.97 Å². The molecule has 11 heteroatoms. The highest BCUT2D eigenvalue weighted by atomic mass is 32.2. The molecule has 3 aromatic heterocycles. The Morgan fingerprint density at radius 3 is 2.56 bits per heavy atom. The summed E-state index contributed by atoms with van der Waals surface area (Å²) in [6.45, 7) is -0.228. The molecule has 0 bridgehead atoms. The SMILES string of the molecule is O=C(O)Cn1c2ccccc2n2c(SCC(=O)Nc3nc(-c4ccccc4)cs3)nnc12. The normalized spacial score (nSPS) is 11.2. The number of hydrogen-bond donors (Lipinski definition) is 2. The van der Waals surface area contributed by atoms with Crippen LogP contribution in [0, 0.1) is 0 Å².